The summed E-state index contributed by atoms with van der Waals surface area (Å²) in [5, 5.41) is 21.8. The van der Waals surface area contributed by atoms with E-state index in [0.717, 1.165) is 11.3 Å². The first-order chi connectivity index (χ1) is 12.6. The van der Waals surface area contributed by atoms with Crippen LogP contribution in [0.3, 0.4) is 0 Å². The normalized spacial score (nSPS) is 14.6. The topological polar surface area (TPSA) is 82.0 Å². The van der Waals surface area contributed by atoms with Crippen molar-refractivity contribution in [2.45, 2.75) is 0 Å². The highest BCUT2D eigenvalue weighted by atomic mass is 35.5. The zero-order valence-electron chi connectivity index (χ0n) is 14.0. The molecule has 0 spiro atoms. The molecule has 26 heavy (non-hydrogen) atoms. The molecule has 2 aromatic carbocycles. The number of amides is 1. The van der Waals surface area contributed by atoms with Crippen molar-refractivity contribution in [3.63, 3.8) is 0 Å². The molecule has 0 aliphatic carbocycles. The van der Waals surface area contributed by atoms with Crippen molar-refractivity contribution in [1.82, 2.24) is 0 Å². The Bertz CT molecular complexity index is 815. The molecule has 3 N–H and O–H groups in total. The maximum atomic E-state index is 12.3. The average molecular weight is 375 g/mol. The predicted octanol–water partition coefficient (Wildman–Crippen LogP) is 2.50. The second kappa shape index (κ2) is 8.23. The summed E-state index contributed by atoms with van der Waals surface area (Å²) in [5.74, 6) is 0.372. The Balaban J connectivity index is 1.84. The van der Waals surface area contributed by atoms with E-state index in [2.05, 4.69) is 5.32 Å². The van der Waals surface area contributed by atoms with Crippen molar-refractivity contribution in [3.05, 3.63) is 58.8 Å². The average Bonchev–Trinajstić information content (AvgIpc) is 2.63. The zero-order valence-corrected chi connectivity index (χ0v) is 14.7. The summed E-state index contributed by atoms with van der Waals surface area (Å²) in [5.41, 5.74) is 2.12. The van der Waals surface area contributed by atoms with Gasteiger partial charge in [-0.05, 0) is 42.0 Å². The molecule has 1 aliphatic rings. The van der Waals surface area contributed by atoms with E-state index in [1.165, 1.54) is 0 Å². The Hall–Kier alpha value is -2.54. The number of nitrogens with zero attached hydrogens (tertiary/aromatic N) is 1. The monoisotopic (exact) mass is 374 g/mol. The van der Waals surface area contributed by atoms with E-state index in [9.17, 15) is 4.79 Å². The molecular weight excluding hydrogens is 356 g/mol. The Kier molecular flexibility index (Phi) is 5.78. The van der Waals surface area contributed by atoms with Crippen molar-refractivity contribution in [3.8, 4) is 5.75 Å². The van der Waals surface area contributed by atoms with Crippen LogP contribution in [0, 0.1) is 0 Å². The molecule has 0 aromatic heterocycles. The van der Waals surface area contributed by atoms with Gasteiger partial charge >= 0.3 is 0 Å². The van der Waals surface area contributed by atoms with Gasteiger partial charge < -0.3 is 25.2 Å². The fourth-order valence-electron chi connectivity index (χ4n) is 2.67. The van der Waals surface area contributed by atoms with E-state index in [0.29, 0.717) is 29.5 Å². The number of fused-ring (bicyclic) bond motifs is 1. The van der Waals surface area contributed by atoms with Gasteiger partial charge in [-0.25, -0.2) is 0 Å². The van der Waals surface area contributed by atoms with Crippen molar-refractivity contribution in [1.29, 1.82) is 0 Å². The molecule has 2 aromatic rings. The lowest BCUT2D eigenvalue weighted by molar-refractivity contribution is -0.115. The number of aliphatic hydroxyl groups is 2. The molecule has 1 heterocycles. The number of rotatable bonds is 6. The minimum Gasteiger partial charge on any atom is -0.449 e. The molecule has 0 saturated carbocycles. The van der Waals surface area contributed by atoms with Gasteiger partial charge in [-0.1, -0.05) is 23.7 Å². The molecule has 0 atom stereocenters. The van der Waals surface area contributed by atoms with Gasteiger partial charge in [0.2, 0.25) is 0 Å². The minimum absolute atomic E-state index is 0.0338. The highest BCUT2D eigenvalue weighted by Gasteiger charge is 2.23. The molecule has 0 radical (unpaired) electrons. The van der Waals surface area contributed by atoms with Crippen LogP contribution < -0.4 is 15.0 Å². The summed E-state index contributed by atoms with van der Waals surface area (Å²) in [4.78, 5) is 14.2. The van der Waals surface area contributed by atoms with Crippen LogP contribution in [-0.4, -0.2) is 42.4 Å². The van der Waals surface area contributed by atoms with Crippen LogP contribution in [0.5, 0.6) is 5.75 Å². The van der Waals surface area contributed by atoms with Gasteiger partial charge in [-0.2, -0.15) is 0 Å². The molecule has 6 nitrogen and oxygen atoms in total. The van der Waals surface area contributed by atoms with Gasteiger partial charge in [0, 0.05) is 23.8 Å². The Labute approximate surface area is 156 Å². The van der Waals surface area contributed by atoms with Crippen LogP contribution in [-0.2, 0) is 4.79 Å². The molecule has 0 fully saturated rings. The number of nitrogens with one attached hydrogen (secondary N) is 1. The van der Waals surface area contributed by atoms with Gasteiger partial charge in [0.1, 0.15) is 0 Å². The molecular formula is C19H19ClN2O4. The summed E-state index contributed by atoms with van der Waals surface area (Å²) in [6.45, 7) is 0.702. The van der Waals surface area contributed by atoms with Crippen LogP contribution in [0.25, 0.3) is 6.08 Å². The van der Waals surface area contributed by atoms with Gasteiger partial charge in [0.15, 0.2) is 11.5 Å². The number of hydrogen-bond acceptors (Lipinski definition) is 5. The highest BCUT2D eigenvalue weighted by molar-refractivity contribution is 6.30. The number of ether oxygens (including phenoxy) is 1. The second-order valence-electron chi connectivity index (χ2n) is 5.73. The van der Waals surface area contributed by atoms with E-state index in [-0.39, 0.29) is 24.9 Å². The number of aliphatic hydroxyl groups excluding tert-OH is 2. The maximum Gasteiger partial charge on any atom is 0.291 e. The van der Waals surface area contributed by atoms with E-state index >= 15 is 0 Å². The maximum absolute atomic E-state index is 12.3. The van der Waals surface area contributed by atoms with Gasteiger partial charge in [-0.15, -0.1) is 0 Å². The molecule has 1 amide bonds. The highest BCUT2D eigenvalue weighted by Crippen LogP contribution is 2.35. The number of halogens is 1. The number of anilines is 2. The smallest absolute Gasteiger partial charge is 0.291 e. The molecule has 0 bridgehead atoms. The summed E-state index contributed by atoms with van der Waals surface area (Å²) < 4.78 is 5.73. The largest absolute Gasteiger partial charge is 0.449 e. The molecule has 3 rings (SSSR count). The predicted molar refractivity (Wildman–Crippen MR) is 102 cm³/mol. The standard InChI is InChI=1S/C19H19ClN2O4/c20-14-3-1-13(2-4-14)11-18-19(25)21-16-12-15(5-6-17(16)26-18)22(7-9-23)8-10-24/h1-6,11-12,23-24H,7-10H2,(H,21,25)/b18-11-. The first-order valence-corrected chi connectivity index (χ1v) is 8.55. The van der Waals surface area contributed by atoms with Crippen LogP contribution in [0.4, 0.5) is 11.4 Å². The minimum atomic E-state index is -0.347. The lowest BCUT2D eigenvalue weighted by atomic mass is 10.1. The van der Waals surface area contributed by atoms with Crippen molar-refractivity contribution in [2.75, 3.05) is 36.5 Å². The van der Waals surface area contributed by atoms with E-state index < -0.39 is 0 Å². The zero-order chi connectivity index (χ0) is 18.5. The number of benzene rings is 2. The quantitative estimate of drug-likeness (QED) is 0.677. The summed E-state index contributed by atoms with van der Waals surface area (Å²) in [6, 6.07) is 12.4. The van der Waals surface area contributed by atoms with Crippen LogP contribution in [0.2, 0.25) is 5.02 Å². The Morgan fingerprint density at radius 1 is 1.08 bits per heavy atom. The number of carbonyl (C=O) groups excluding carboxylic acids is 1. The van der Waals surface area contributed by atoms with Crippen LogP contribution >= 0.6 is 11.6 Å². The van der Waals surface area contributed by atoms with Crippen molar-refractivity contribution >= 4 is 35.0 Å². The van der Waals surface area contributed by atoms with Crippen LogP contribution in [0.15, 0.2) is 48.2 Å². The van der Waals surface area contributed by atoms with E-state index in [4.69, 9.17) is 26.6 Å². The van der Waals surface area contributed by atoms with E-state index in [1.54, 1.807) is 42.5 Å². The number of carbonyl (C=O) groups is 1. The van der Waals surface area contributed by atoms with Crippen molar-refractivity contribution in [2.24, 2.45) is 0 Å². The summed E-state index contributed by atoms with van der Waals surface area (Å²) in [6.07, 6.45) is 1.65. The molecule has 0 unspecified atom stereocenters. The molecule has 0 saturated heterocycles. The Morgan fingerprint density at radius 3 is 2.42 bits per heavy atom. The van der Waals surface area contributed by atoms with Gasteiger partial charge in [0.25, 0.3) is 5.91 Å². The van der Waals surface area contributed by atoms with E-state index in [1.807, 2.05) is 11.0 Å². The fourth-order valence-corrected chi connectivity index (χ4v) is 2.79. The summed E-state index contributed by atoms with van der Waals surface area (Å²) >= 11 is 5.87. The first-order valence-electron chi connectivity index (χ1n) is 8.18. The molecule has 7 heteroatoms. The lowest BCUT2D eigenvalue weighted by Crippen LogP contribution is -2.30. The van der Waals surface area contributed by atoms with Crippen molar-refractivity contribution < 1.29 is 19.7 Å². The Morgan fingerprint density at radius 2 is 1.77 bits per heavy atom. The van der Waals surface area contributed by atoms with Gasteiger partial charge in [0.05, 0.1) is 18.9 Å². The molecule has 1 aliphatic heterocycles. The third kappa shape index (κ3) is 4.16. The third-order valence-corrected chi connectivity index (χ3v) is 4.18. The molecule has 136 valence electrons. The second-order valence-corrected chi connectivity index (χ2v) is 6.17. The van der Waals surface area contributed by atoms with Gasteiger partial charge in [-0.3, -0.25) is 4.79 Å². The lowest BCUT2D eigenvalue weighted by Gasteiger charge is -2.26. The van der Waals surface area contributed by atoms with Crippen LogP contribution in [0.1, 0.15) is 5.56 Å². The fraction of sp³-hybridized carbons (Fsp3) is 0.211. The SMILES string of the molecule is O=C1Nc2cc(N(CCO)CCO)ccc2O/C1=C\c1ccc(Cl)cc1. The third-order valence-electron chi connectivity index (χ3n) is 3.93. The first kappa shape index (κ1) is 18.3. The number of hydrogen-bond donors (Lipinski definition) is 3. The summed E-state index contributed by atoms with van der Waals surface area (Å²) in [7, 11) is 0.